The number of benzene rings is 5. The van der Waals surface area contributed by atoms with Gasteiger partial charge in [-0.25, -0.2) is 0 Å². The molecule has 0 aromatic heterocycles. The summed E-state index contributed by atoms with van der Waals surface area (Å²) in [5, 5.41) is 0. The Hall–Kier alpha value is -3.90. The van der Waals surface area contributed by atoms with Gasteiger partial charge in [0.25, 0.3) is 0 Å². The van der Waals surface area contributed by atoms with E-state index in [1.807, 2.05) is 0 Å². The van der Waals surface area contributed by atoms with Crippen molar-refractivity contribution in [1.29, 1.82) is 0 Å². The van der Waals surface area contributed by atoms with Crippen molar-refractivity contribution in [2.24, 2.45) is 0 Å². The molecule has 0 unspecified atom stereocenters. The molecule has 0 saturated heterocycles. The Morgan fingerprint density at radius 2 is 0.818 bits per heavy atom. The maximum Gasteiger partial charge on any atom is 0.0159 e. The average molecular weight is 423 g/mol. The van der Waals surface area contributed by atoms with Crippen LogP contribution >= 0.6 is 0 Å². The molecule has 0 N–H and O–H groups in total. The quantitative estimate of drug-likeness (QED) is 0.272. The monoisotopic (exact) mass is 422 g/mol. The highest BCUT2D eigenvalue weighted by atomic mass is 14.4. The van der Waals surface area contributed by atoms with E-state index in [4.69, 9.17) is 0 Å². The van der Waals surface area contributed by atoms with E-state index in [1.54, 1.807) is 0 Å². The molecule has 0 spiro atoms. The molecule has 0 radical (unpaired) electrons. The van der Waals surface area contributed by atoms with Gasteiger partial charge in [-0.1, -0.05) is 135 Å². The summed E-state index contributed by atoms with van der Waals surface area (Å²) in [6.45, 7) is 4.68. The standard InChI is InChI=1S/C33H26/c1-33(2)30-17-9-8-15-29(30)32-28(16-10-18-31(32)33)25-21-19-24(20-22-25)27-14-7-6-13-26(27)23-11-4-3-5-12-23/h3-22H,1-2H3. The lowest BCUT2D eigenvalue weighted by molar-refractivity contribution is 0.660. The molecule has 158 valence electrons. The molecule has 0 nitrogen and oxygen atoms in total. The van der Waals surface area contributed by atoms with Crippen LogP contribution in [0.4, 0.5) is 0 Å². The number of hydrogen-bond acceptors (Lipinski definition) is 0. The molecule has 1 aliphatic rings. The van der Waals surface area contributed by atoms with Crippen molar-refractivity contribution in [3.8, 4) is 44.5 Å². The van der Waals surface area contributed by atoms with Crippen molar-refractivity contribution >= 4 is 0 Å². The summed E-state index contributed by atoms with van der Waals surface area (Å²) in [5.41, 5.74) is 13.2. The van der Waals surface area contributed by atoms with E-state index in [2.05, 4.69) is 135 Å². The fourth-order valence-electron chi connectivity index (χ4n) is 5.43. The van der Waals surface area contributed by atoms with Crippen molar-refractivity contribution in [2.45, 2.75) is 19.3 Å². The van der Waals surface area contributed by atoms with Gasteiger partial charge in [0, 0.05) is 5.41 Å². The van der Waals surface area contributed by atoms with Crippen LogP contribution in [0.25, 0.3) is 44.5 Å². The zero-order valence-corrected chi connectivity index (χ0v) is 19.0. The fourth-order valence-corrected chi connectivity index (χ4v) is 5.43. The predicted molar refractivity (Wildman–Crippen MR) is 140 cm³/mol. The Morgan fingerprint density at radius 1 is 0.364 bits per heavy atom. The molecule has 0 bridgehead atoms. The molecule has 5 aromatic carbocycles. The first kappa shape index (κ1) is 19.8. The number of rotatable bonds is 3. The third kappa shape index (κ3) is 3.14. The maximum atomic E-state index is 2.34. The van der Waals surface area contributed by atoms with Gasteiger partial charge in [-0.05, 0) is 55.6 Å². The summed E-state index contributed by atoms with van der Waals surface area (Å²) in [4.78, 5) is 0. The molecule has 0 heterocycles. The number of fused-ring (bicyclic) bond motifs is 3. The van der Waals surface area contributed by atoms with Crippen LogP contribution in [0, 0.1) is 0 Å². The first-order valence-electron chi connectivity index (χ1n) is 11.6. The lowest BCUT2D eigenvalue weighted by Crippen LogP contribution is -2.14. The first-order chi connectivity index (χ1) is 16.1. The van der Waals surface area contributed by atoms with E-state index in [9.17, 15) is 0 Å². The van der Waals surface area contributed by atoms with E-state index in [-0.39, 0.29) is 5.41 Å². The summed E-state index contributed by atoms with van der Waals surface area (Å²) in [5.74, 6) is 0. The van der Waals surface area contributed by atoms with Crippen molar-refractivity contribution in [1.82, 2.24) is 0 Å². The van der Waals surface area contributed by atoms with Crippen LogP contribution in [0.2, 0.25) is 0 Å². The highest BCUT2D eigenvalue weighted by Gasteiger charge is 2.36. The molecular formula is C33H26. The topological polar surface area (TPSA) is 0 Å². The summed E-state index contributed by atoms with van der Waals surface area (Å²) in [6.07, 6.45) is 0. The molecule has 0 atom stereocenters. The Kier molecular flexibility index (Phi) is 4.55. The SMILES string of the molecule is CC1(C)c2ccccc2-c2c(-c3ccc(-c4ccccc4-c4ccccc4)cc3)cccc21. The highest BCUT2D eigenvalue weighted by molar-refractivity contribution is 5.93. The minimum atomic E-state index is 0.0243. The van der Waals surface area contributed by atoms with Crippen LogP contribution < -0.4 is 0 Å². The normalized spacial score (nSPS) is 13.4. The minimum absolute atomic E-state index is 0.0243. The van der Waals surface area contributed by atoms with Gasteiger partial charge < -0.3 is 0 Å². The molecule has 0 heteroatoms. The molecule has 6 rings (SSSR count). The fraction of sp³-hybridized carbons (Fsp3) is 0.0909. The van der Waals surface area contributed by atoms with Gasteiger partial charge in [-0.3, -0.25) is 0 Å². The zero-order valence-electron chi connectivity index (χ0n) is 19.0. The first-order valence-corrected chi connectivity index (χ1v) is 11.6. The van der Waals surface area contributed by atoms with Crippen molar-refractivity contribution in [3.63, 3.8) is 0 Å². The van der Waals surface area contributed by atoms with Gasteiger partial charge in [-0.2, -0.15) is 0 Å². The molecular weight excluding hydrogens is 396 g/mol. The van der Waals surface area contributed by atoms with Crippen LogP contribution in [0.1, 0.15) is 25.0 Å². The minimum Gasteiger partial charge on any atom is -0.0622 e. The molecule has 1 aliphatic carbocycles. The Bertz CT molecular complexity index is 1450. The third-order valence-corrected chi connectivity index (χ3v) is 7.13. The summed E-state index contributed by atoms with van der Waals surface area (Å²) in [7, 11) is 0. The lowest BCUT2D eigenvalue weighted by atomic mass is 9.82. The Morgan fingerprint density at radius 3 is 1.48 bits per heavy atom. The van der Waals surface area contributed by atoms with Crippen molar-refractivity contribution < 1.29 is 0 Å². The lowest BCUT2D eigenvalue weighted by Gasteiger charge is -2.21. The van der Waals surface area contributed by atoms with Gasteiger partial charge in [0.2, 0.25) is 0 Å². The second-order valence-electron chi connectivity index (χ2n) is 9.39. The van der Waals surface area contributed by atoms with Gasteiger partial charge in [-0.15, -0.1) is 0 Å². The van der Waals surface area contributed by atoms with Gasteiger partial charge in [0.15, 0.2) is 0 Å². The summed E-state index contributed by atoms with van der Waals surface area (Å²) in [6, 6.07) is 44.0. The predicted octanol–water partition coefficient (Wildman–Crippen LogP) is 8.99. The smallest absolute Gasteiger partial charge is 0.0159 e. The van der Waals surface area contributed by atoms with Crippen molar-refractivity contribution in [2.75, 3.05) is 0 Å². The molecule has 0 amide bonds. The van der Waals surface area contributed by atoms with Crippen LogP contribution in [0.3, 0.4) is 0 Å². The second kappa shape index (κ2) is 7.60. The highest BCUT2D eigenvalue weighted by Crippen LogP contribution is 2.51. The summed E-state index contributed by atoms with van der Waals surface area (Å²) < 4.78 is 0. The Balaban J connectivity index is 1.46. The van der Waals surface area contributed by atoms with Gasteiger partial charge in [0.05, 0.1) is 0 Å². The summed E-state index contributed by atoms with van der Waals surface area (Å²) >= 11 is 0. The molecule has 5 aromatic rings. The van der Waals surface area contributed by atoms with Crippen LogP contribution in [-0.2, 0) is 5.41 Å². The van der Waals surface area contributed by atoms with Crippen LogP contribution in [0.5, 0.6) is 0 Å². The number of hydrogen-bond donors (Lipinski definition) is 0. The van der Waals surface area contributed by atoms with Gasteiger partial charge >= 0.3 is 0 Å². The van der Waals surface area contributed by atoms with Crippen LogP contribution in [-0.4, -0.2) is 0 Å². The van der Waals surface area contributed by atoms with E-state index >= 15 is 0 Å². The molecule has 0 aliphatic heterocycles. The van der Waals surface area contributed by atoms with Crippen LogP contribution in [0.15, 0.2) is 121 Å². The van der Waals surface area contributed by atoms with E-state index in [0.717, 1.165) is 0 Å². The molecule has 0 fully saturated rings. The Labute approximate surface area is 196 Å². The second-order valence-corrected chi connectivity index (χ2v) is 9.39. The maximum absolute atomic E-state index is 2.34. The van der Waals surface area contributed by atoms with E-state index in [0.29, 0.717) is 0 Å². The van der Waals surface area contributed by atoms with E-state index in [1.165, 1.54) is 55.6 Å². The zero-order chi connectivity index (χ0) is 22.4. The van der Waals surface area contributed by atoms with E-state index < -0.39 is 0 Å². The van der Waals surface area contributed by atoms with Crippen molar-refractivity contribution in [3.05, 3.63) is 132 Å². The average Bonchev–Trinajstić information content (AvgIpc) is 3.12. The van der Waals surface area contributed by atoms with Gasteiger partial charge in [0.1, 0.15) is 0 Å². The molecule has 33 heavy (non-hydrogen) atoms. The molecule has 0 saturated carbocycles. The third-order valence-electron chi connectivity index (χ3n) is 7.13. The largest absolute Gasteiger partial charge is 0.0622 e.